The van der Waals surface area contributed by atoms with Gasteiger partial charge in [-0.2, -0.15) is 0 Å². The second-order valence-electron chi connectivity index (χ2n) is 5.60. The molecule has 0 atom stereocenters. The maximum Gasteiger partial charge on any atom is 0.241 e. The van der Waals surface area contributed by atoms with E-state index in [-0.39, 0.29) is 12.5 Å². The van der Waals surface area contributed by atoms with E-state index in [4.69, 9.17) is 11.6 Å². The van der Waals surface area contributed by atoms with Crippen molar-refractivity contribution < 1.29 is 4.79 Å². The van der Waals surface area contributed by atoms with Gasteiger partial charge in [-0.15, -0.1) is 11.3 Å². The zero-order valence-corrected chi connectivity index (χ0v) is 14.9. The number of aromatic nitrogens is 2. The quantitative estimate of drug-likeness (QED) is 0.713. The number of likely N-dealkylation sites (N-methyl/N-ethyl adjacent to an activating group) is 1. The van der Waals surface area contributed by atoms with Crippen LogP contribution in [0.25, 0.3) is 21.5 Å². The van der Waals surface area contributed by atoms with Crippen LogP contribution >= 0.6 is 22.9 Å². The van der Waals surface area contributed by atoms with Crippen LogP contribution in [0.4, 0.5) is 0 Å². The number of thiophene rings is 1. The Kier molecular flexibility index (Phi) is 4.41. The Balaban J connectivity index is 2.05. The maximum absolute atomic E-state index is 12.0. The van der Waals surface area contributed by atoms with Crippen molar-refractivity contribution in [3.05, 3.63) is 40.5 Å². The summed E-state index contributed by atoms with van der Waals surface area (Å²) in [5.74, 6) is 0.0216. The molecule has 0 spiro atoms. The lowest BCUT2D eigenvalue weighted by Gasteiger charge is -2.11. The van der Waals surface area contributed by atoms with Crippen molar-refractivity contribution in [2.24, 2.45) is 0 Å². The van der Waals surface area contributed by atoms with Crippen LogP contribution in [0.1, 0.15) is 11.8 Å². The number of pyridine rings is 1. The normalized spacial score (nSPS) is 11.1. The number of carbonyl (C=O) groups excluding carboxylic acids is 1. The third-order valence-electron chi connectivity index (χ3n) is 3.77. The molecule has 3 heterocycles. The number of hydrogen-bond acceptors (Lipinski definition) is 3. The topological polar surface area (TPSA) is 38.1 Å². The largest absolute Gasteiger partial charge is 0.347 e. The van der Waals surface area contributed by atoms with Gasteiger partial charge in [-0.25, -0.2) is 0 Å². The van der Waals surface area contributed by atoms with E-state index in [1.807, 2.05) is 10.8 Å². The SMILES string of the molecule is CCc1ccc(-c2cnc3c(Cl)cn(CC(=O)N(C)C)c3c2)s1. The second-order valence-corrected chi connectivity index (χ2v) is 7.18. The maximum atomic E-state index is 12.0. The molecule has 0 unspecified atom stereocenters. The van der Waals surface area contributed by atoms with Crippen LogP contribution in [0.3, 0.4) is 0 Å². The van der Waals surface area contributed by atoms with E-state index in [9.17, 15) is 4.79 Å². The first-order chi connectivity index (χ1) is 11.0. The Labute approximate surface area is 144 Å². The minimum atomic E-state index is 0.0216. The molecule has 3 aromatic rings. The molecule has 3 rings (SSSR count). The number of hydrogen-bond donors (Lipinski definition) is 0. The molecule has 0 saturated carbocycles. The monoisotopic (exact) mass is 347 g/mol. The highest BCUT2D eigenvalue weighted by molar-refractivity contribution is 7.15. The Morgan fingerprint density at radius 1 is 1.39 bits per heavy atom. The van der Waals surface area contributed by atoms with E-state index >= 15 is 0 Å². The van der Waals surface area contributed by atoms with Gasteiger partial charge in [-0.1, -0.05) is 18.5 Å². The molecule has 3 aromatic heterocycles. The molecule has 0 N–H and O–H groups in total. The van der Waals surface area contributed by atoms with Crippen molar-refractivity contribution >= 4 is 39.9 Å². The van der Waals surface area contributed by atoms with Crippen molar-refractivity contribution in [1.82, 2.24) is 14.5 Å². The fraction of sp³-hybridized carbons (Fsp3) is 0.294. The molecular formula is C17H18ClN3OS. The van der Waals surface area contributed by atoms with Crippen LogP contribution in [0.5, 0.6) is 0 Å². The van der Waals surface area contributed by atoms with Crippen molar-refractivity contribution in [3.8, 4) is 10.4 Å². The van der Waals surface area contributed by atoms with Crippen LogP contribution in [0.15, 0.2) is 30.6 Å². The molecule has 0 aliphatic heterocycles. The Hall–Kier alpha value is -1.85. The average Bonchev–Trinajstić information content (AvgIpc) is 3.12. The summed E-state index contributed by atoms with van der Waals surface area (Å²) in [6, 6.07) is 6.32. The molecule has 0 aliphatic carbocycles. The second kappa shape index (κ2) is 6.34. The van der Waals surface area contributed by atoms with E-state index in [1.165, 1.54) is 9.75 Å². The van der Waals surface area contributed by atoms with Crippen molar-refractivity contribution in [1.29, 1.82) is 0 Å². The molecule has 6 heteroatoms. The van der Waals surface area contributed by atoms with Gasteiger partial charge < -0.3 is 9.47 Å². The number of aryl methyl sites for hydroxylation is 1. The standard InChI is InChI=1S/C17H18ClN3OS/c1-4-12-5-6-15(23-12)11-7-14-17(19-8-11)13(18)9-21(14)10-16(22)20(2)3/h5-9H,4,10H2,1-3H3. The van der Waals surface area contributed by atoms with Gasteiger partial charge in [0.15, 0.2) is 0 Å². The lowest BCUT2D eigenvalue weighted by atomic mass is 10.2. The molecule has 0 saturated heterocycles. The van der Waals surface area contributed by atoms with E-state index in [1.54, 1.807) is 36.5 Å². The van der Waals surface area contributed by atoms with Crippen LogP contribution in [-0.2, 0) is 17.8 Å². The third kappa shape index (κ3) is 3.12. The van der Waals surface area contributed by atoms with Gasteiger partial charge in [0.25, 0.3) is 0 Å². The first kappa shape index (κ1) is 16.0. The lowest BCUT2D eigenvalue weighted by molar-refractivity contribution is -0.129. The Bertz CT molecular complexity index is 866. The van der Waals surface area contributed by atoms with E-state index in [2.05, 4.69) is 30.1 Å². The third-order valence-corrected chi connectivity index (χ3v) is 5.33. The minimum absolute atomic E-state index is 0.0216. The van der Waals surface area contributed by atoms with Gasteiger partial charge in [0.05, 0.1) is 10.5 Å². The molecule has 1 amide bonds. The van der Waals surface area contributed by atoms with Gasteiger partial charge in [-0.3, -0.25) is 9.78 Å². The summed E-state index contributed by atoms with van der Waals surface area (Å²) in [4.78, 5) is 20.6. The first-order valence-corrected chi connectivity index (χ1v) is 8.62. The predicted octanol–water partition coefficient (Wildman–Crippen LogP) is 4.07. The smallest absolute Gasteiger partial charge is 0.241 e. The van der Waals surface area contributed by atoms with Gasteiger partial charge >= 0.3 is 0 Å². The lowest BCUT2D eigenvalue weighted by Crippen LogP contribution is -2.25. The van der Waals surface area contributed by atoms with Crippen molar-refractivity contribution in [2.45, 2.75) is 19.9 Å². The minimum Gasteiger partial charge on any atom is -0.347 e. The number of halogens is 1. The summed E-state index contributed by atoms with van der Waals surface area (Å²) in [6.07, 6.45) is 4.65. The molecule has 4 nitrogen and oxygen atoms in total. The van der Waals surface area contributed by atoms with Crippen molar-refractivity contribution in [3.63, 3.8) is 0 Å². The van der Waals surface area contributed by atoms with Crippen LogP contribution < -0.4 is 0 Å². The van der Waals surface area contributed by atoms with Crippen LogP contribution in [0, 0.1) is 0 Å². The predicted molar refractivity (Wildman–Crippen MR) is 96.1 cm³/mol. The van der Waals surface area contributed by atoms with Crippen LogP contribution in [0.2, 0.25) is 5.02 Å². The summed E-state index contributed by atoms with van der Waals surface area (Å²) < 4.78 is 1.87. The van der Waals surface area contributed by atoms with E-state index in [0.29, 0.717) is 5.02 Å². The number of fused-ring (bicyclic) bond motifs is 1. The summed E-state index contributed by atoms with van der Waals surface area (Å²) in [7, 11) is 3.49. The fourth-order valence-electron chi connectivity index (χ4n) is 2.40. The van der Waals surface area contributed by atoms with E-state index < -0.39 is 0 Å². The summed E-state index contributed by atoms with van der Waals surface area (Å²) in [6.45, 7) is 2.40. The zero-order chi connectivity index (χ0) is 16.6. The fourth-order valence-corrected chi connectivity index (χ4v) is 3.59. The summed E-state index contributed by atoms with van der Waals surface area (Å²) >= 11 is 8.03. The van der Waals surface area contributed by atoms with Gasteiger partial charge in [0.1, 0.15) is 12.1 Å². The van der Waals surface area contributed by atoms with Gasteiger partial charge in [0.2, 0.25) is 5.91 Å². The highest BCUT2D eigenvalue weighted by Gasteiger charge is 2.14. The molecule has 23 heavy (non-hydrogen) atoms. The molecule has 0 fully saturated rings. The zero-order valence-electron chi connectivity index (χ0n) is 13.3. The van der Waals surface area contributed by atoms with Crippen LogP contribution in [-0.4, -0.2) is 34.5 Å². The Morgan fingerprint density at radius 3 is 2.83 bits per heavy atom. The Morgan fingerprint density at radius 2 is 2.17 bits per heavy atom. The molecule has 0 radical (unpaired) electrons. The molecule has 0 aliphatic rings. The first-order valence-electron chi connectivity index (χ1n) is 7.43. The average molecular weight is 348 g/mol. The summed E-state index contributed by atoms with van der Waals surface area (Å²) in [5.41, 5.74) is 2.67. The molecule has 120 valence electrons. The van der Waals surface area contributed by atoms with Gasteiger partial charge in [0, 0.05) is 41.8 Å². The van der Waals surface area contributed by atoms with Crippen molar-refractivity contribution in [2.75, 3.05) is 14.1 Å². The highest BCUT2D eigenvalue weighted by Crippen LogP contribution is 2.32. The highest BCUT2D eigenvalue weighted by atomic mass is 35.5. The number of rotatable bonds is 4. The number of amides is 1. The number of carbonyl (C=O) groups is 1. The summed E-state index contributed by atoms with van der Waals surface area (Å²) in [5, 5.41) is 0.568. The molecule has 0 aromatic carbocycles. The number of nitrogens with zero attached hydrogens (tertiary/aromatic N) is 3. The van der Waals surface area contributed by atoms with Gasteiger partial charge in [-0.05, 0) is 24.6 Å². The van der Waals surface area contributed by atoms with E-state index in [0.717, 1.165) is 23.0 Å². The molecular weight excluding hydrogens is 330 g/mol. The molecule has 0 bridgehead atoms.